The van der Waals surface area contributed by atoms with Gasteiger partial charge in [0.15, 0.2) is 5.65 Å². The van der Waals surface area contributed by atoms with Crippen LogP contribution in [0.25, 0.3) is 27.7 Å². The Hall–Kier alpha value is -4.87. The van der Waals surface area contributed by atoms with Gasteiger partial charge in [0.25, 0.3) is 0 Å². The summed E-state index contributed by atoms with van der Waals surface area (Å²) >= 11 is 0. The number of rotatable bonds is 10. The number of β-amino-alcohol motifs (C(OH)–C–C–N with tert-alkyl or cyclic N) is 1. The van der Waals surface area contributed by atoms with Crippen LogP contribution in [0, 0.1) is 0 Å². The number of aliphatic hydroxyl groups excluding tert-OH is 1. The fraction of sp³-hybridized carbons (Fsp3) is 0.324. The van der Waals surface area contributed by atoms with Crippen molar-refractivity contribution >= 4 is 39.9 Å². The number of aromatic nitrogens is 5. The van der Waals surface area contributed by atoms with Crippen LogP contribution in [-0.4, -0.2) is 80.3 Å². The molecule has 3 N–H and O–H groups in total. The van der Waals surface area contributed by atoms with E-state index in [9.17, 15) is 9.90 Å². The summed E-state index contributed by atoms with van der Waals surface area (Å²) in [5.41, 5.74) is 5.43. The lowest BCUT2D eigenvalue weighted by Gasteiger charge is -2.18. The summed E-state index contributed by atoms with van der Waals surface area (Å²) in [6, 6.07) is 16.0. The monoisotopic (exact) mass is 605 g/mol. The molecule has 0 saturated carbocycles. The van der Waals surface area contributed by atoms with E-state index in [2.05, 4.69) is 41.7 Å². The van der Waals surface area contributed by atoms with Gasteiger partial charge >= 0.3 is 0 Å². The highest BCUT2D eigenvalue weighted by atomic mass is 16.3. The quantitative estimate of drug-likeness (QED) is 0.194. The molecule has 0 spiro atoms. The number of benzene rings is 2. The highest BCUT2D eigenvalue weighted by Crippen LogP contribution is 2.31. The molecule has 11 heteroatoms. The van der Waals surface area contributed by atoms with Gasteiger partial charge in [-0.15, -0.1) is 0 Å². The lowest BCUT2D eigenvalue weighted by Crippen LogP contribution is -2.24. The molecule has 1 saturated heterocycles. The van der Waals surface area contributed by atoms with Crippen molar-refractivity contribution < 1.29 is 9.90 Å². The van der Waals surface area contributed by atoms with E-state index in [1.807, 2.05) is 72.6 Å². The van der Waals surface area contributed by atoms with Gasteiger partial charge in [-0.1, -0.05) is 50.3 Å². The molecule has 2 aromatic carbocycles. The molecule has 232 valence electrons. The molecular formula is C34H39N9O2. The zero-order valence-corrected chi connectivity index (χ0v) is 26.1. The van der Waals surface area contributed by atoms with Gasteiger partial charge in [0.2, 0.25) is 17.8 Å². The van der Waals surface area contributed by atoms with Crippen LogP contribution in [0.3, 0.4) is 0 Å². The lowest BCUT2D eigenvalue weighted by atomic mass is 9.99. The van der Waals surface area contributed by atoms with Crippen molar-refractivity contribution in [1.29, 1.82) is 0 Å². The zero-order valence-electron chi connectivity index (χ0n) is 26.1. The predicted octanol–water partition coefficient (Wildman–Crippen LogP) is 4.70. The van der Waals surface area contributed by atoms with Crippen LogP contribution in [-0.2, 0) is 11.3 Å². The van der Waals surface area contributed by atoms with E-state index in [0.29, 0.717) is 44.5 Å². The summed E-state index contributed by atoms with van der Waals surface area (Å²) in [4.78, 5) is 30.9. The third-order valence-electron chi connectivity index (χ3n) is 7.93. The maximum atomic E-state index is 12.4. The Morgan fingerprint density at radius 1 is 1.16 bits per heavy atom. The molecule has 6 rings (SSSR count). The molecule has 5 aromatic rings. The number of hydrogen-bond donors (Lipinski definition) is 3. The molecule has 11 nitrogen and oxygen atoms in total. The molecule has 1 amide bonds. The number of anilines is 3. The largest absolute Gasteiger partial charge is 0.391 e. The second-order valence-electron chi connectivity index (χ2n) is 12.0. The first kappa shape index (κ1) is 30.2. The summed E-state index contributed by atoms with van der Waals surface area (Å²) in [6.07, 6.45) is 7.36. The van der Waals surface area contributed by atoms with Crippen LogP contribution in [0.4, 0.5) is 17.6 Å². The number of nitrogens with one attached hydrogen (secondary N) is 2. The van der Waals surface area contributed by atoms with Crippen LogP contribution in [0.5, 0.6) is 0 Å². The molecule has 4 heterocycles. The minimum absolute atomic E-state index is 0.164. The van der Waals surface area contributed by atoms with E-state index < -0.39 is 0 Å². The average Bonchev–Trinajstić information content (AvgIpc) is 3.66. The van der Waals surface area contributed by atoms with Gasteiger partial charge in [0.05, 0.1) is 18.0 Å². The fourth-order valence-corrected chi connectivity index (χ4v) is 5.57. The van der Waals surface area contributed by atoms with E-state index in [1.54, 1.807) is 16.8 Å². The van der Waals surface area contributed by atoms with Gasteiger partial charge in [-0.3, -0.25) is 9.78 Å². The van der Waals surface area contributed by atoms with Crippen molar-refractivity contribution in [3.63, 3.8) is 0 Å². The summed E-state index contributed by atoms with van der Waals surface area (Å²) in [5, 5.41) is 23.2. The summed E-state index contributed by atoms with van der Waals surface area (Å²) in [6.45, 7) is 6.64. The van der Waals surface area contributed by atoms with Gasteiger partial charge in [-0.2, -0.15) is 19.6 Å². The first-order valence-electron chi connectivity index (χ1n) is 15.3. The van der Waals surface area contributed by atoms with Crippen molar-refractivity contribution in [1.82, 2.24) is 29.5 Å². The van der Waals surface area contributed by atoms with E-state index in [0.717, 1.165) is 44.5 Å². The van der Waals surface area contributed by atoms with Crippen molar-refractivity contribution in [2.75, 3.05) is 49.3 Å². The SMILES string of the molecule is CC(C)c1cnn2c(NCc3ccccc3-c3nccc4cc(NC(=O)/C=C/CN(C)C)ccc34)nc(N3CCC(O)C3)nc12. The Balaban J connectivity index is 1.29. The fourth-order valence-electron chi connectivity index (χ4n) is 5.57. The summed E-state index contributed by atoms with van der Waals surface area (Å²) < 4.78 is 1.76. The Bertz CT molecular complexity index is 1860. The molecule has 45 heavy (non-hydrogen) atoms. The highest BCUT2D eigenvalue weighted by Gasteiger charge is 2.25. The molecule has 0 radical (unpaired) electrons. The smallest absolute Gasteiger partial charge is 0.248 e. The number of hydrogen-bond acceptors (Lipinski definition) is 9. The number of pyridine rings is 1. The standard InChI is InChI=1S/C34H39N9O2/c1-22(2)29-20-37-43-32(29)39-34(42-17-14-26(44)21-42)40-33(43)36-19-24-8-5-6-9-27(24)31-28-12-11-25(18-23(28)13-15-35-31)38-30(45)10-7-16-41(3)4/h5-13,15,18,20,22,26,44H,14,16-17,19,21H2,1-4H3,(H,38,45)(H,36,39,40)/b10-7+. The van der Waals surface area contributed by atoms with E-state index >= 15 is 0 Å². The topological polar surface area (TPSA) is 124 Å². The van der Waals surface area contributed by atoms with Gasteiger partial charge in [-0.25, -0.2) is 0 Å². The molecule has 1 aliphatic rings. The van der Waals surface area contributed by atoms with E-state index in [-0.39, 0.29) is 17.9 Å². The van der Waals surface area contributed by atoms with Gasteiger partial charge in [0.1, 0.15) is 0 Å². The Labute approximate surface area is 262 Å². The Morgan fingerprint density at radius 3 is 2.78 bits per heavy atom. The van der Waals surface area contributed by atoms with Crippen molar-refractivity contribution in [2.24, 2.45) is 0 Å². The maximum absolute atomic E-state index is 12.4. The van der Waals surface area contributed by atoms with Crippen LogP contribution < -0.4 is 15.5 Å². The third-order valence-corrected chi connectivity index (χ3v) is 7.93. The molecule has 1 unspecified atom stereocenters. The van der Waals surface area contributed by atoms with Crippen LogP contribution in [0.1, 0.15) is 37.3 Å². The minimum atomic E-state index is -0.381. The summed E-state index contributed by atoms with van der Waals surface area (Å²) in [7, 11) is 3.92. The van der Waals surface area contributed by atoms with Gasteiger partial charge < -0.3 is 25.5 Å². The van der Waals surface area contributed by atoms with E-state index in [1.165, 1.54) is 0 Å². The second kappa shape index (κ2) is 13.0. The molecule has 1 fully saturated rings. The van der Waals surface area contributed by atoms with E-state index in [4.69, 9.17) is 15.0 Å². The number of fused-ring (bicyclic) bond motifs is 2. The number of likely N-dealkylation sites (N-methyl/N-ethyl adjacent to an activating group) is 1. The first-order valence-corrected chi connectivity index (χ1v) is 15.3. The normalized spacial score (nSPS) is 15.3. The first-order chi connectivity index (χ1) is 21.8. The molecular weight excluding hydrogens is 566 g/mol. The van der Waals surface area contributed by atoms with Crippen LogP contribution in [0.2, 0.25) is 0 Å². The van der Waals surface area contributed by atoms with Gasteiger partial charge in [0, 0.05) is 60.7 Å². The van der Waals surface area contributed by atoms with Gasteiger partial charge in [-0.05, 0) is 55.6 Å². The van der Waals surface area contributed by atoms with Crippen molar-refractivity contribution in [3.8, 4) is 11.3 Å². The maximum Gasteiger partial charge on any atom is 0.248 e. The van der Waals surface area contributed by atoms with Crippen LogP contribution >= 0.6 is 0 Å². The molecule has 3 aromatic heterocycles. The Morgan fingerprint density at radius 2 is 2.00 bits per heavy atom. The van der Waals surface area contributed by atoms with Crippen molar-refractivity contribution in [2.45, 2.75) is 38.8 Å². The number of amides is 1. The highest BCUT2D eigenvalue weighted by molar-refractivity contribution is 6.02. The lowest BCUT2D eigenvalue weighted by molar-refractivity contribution is -0.111. The third kappa shape index (κ3) is 6.64. The number of aliphatic hydroxyl groups is 1. The Kier molecular flexibility index (Phi) is 8.72. The molecule has 0 aliphatic carbocycles. The number of nitrogens with zero attached hydrogens (tertiary/aromatic N) is 7. The number of carbonyl (C=O) groups excluding carboxylic acids is 1. The minimum Gasteiger partial charge on any atom is -0.391 e. The average molecular weight is 606 g/mol. The number of carbonyl (C=O) groups is 1. The van der Waals surface area contributed by atoms with Crippen LogP contribution in [0.15, 0.2) is 73.1 Å². The van der Waals surface area contributed by atoms with Crippen molar-refractivity contribution in [3.05, 3.63) is 84.2 Å². The molecule has 0 bridgehead atoms. The zero-order chi connectivity index (χ0) is 31.5. The molecule has 1 atom stereocenters. The second-order valence-corrected chi connectivity index (χ2v) is 12.0. The predicted molar refractivity (Wildman–Crippen MR) is 179 cm³/mol. The summed E-state index contributed by atoms with van der Waals surface area (Å²) in [5.74, 6) is 1.25. The molecule has 1 aliphatic heterocycles.